The molecule has 170 valence electrons. The van der Waals surface area contributed by atoms with Crippen LogP contribution in [0.2, 0.25) is 0 Å². The van der Waals surface area contributed by atoms with Gasteiger partial charge in [-0.2, -0.15) is 0 Å². The normalized spacial score (nSPS) is 22.2. The molecule has 2 amide bonds. The van der Waals surface area contributed by atoms with Crippen molar-refractivity contribution in [1.82, 2.24) is 10.2 Å². The summed E-state index contributed by atoms with van der Waals surface area (Å²) in [6.45, 7) is 3.29. The number of carbonyl (C=O) groups excluding carboxylic acids is 2. The molecule has 1 heterocycles. The minimum Gasteiger partial charge on any atom is -0.394 e. The molecule has 2 aromatic rings. The van der Waals surface area contributed by atoms with E-state index >= 15 is 0 Å². The van der Waals surface area contributed by atoms with Crippen LogP contribution in [-0.2, 0) is 22.4 Å². The number of carbonyl (C=O) groups is 2. The summed E-state index contributed by atoms with van der Waals surface area (Å²) in [4.78, 5) is 28.3. The van der Waals surface area contributed by atoms with Gasteiger partial charge in [0.05, 0.1) is 12.6 Å². The second-order valence-electron chi connectivity index (χ2n) is 9.18. The van der Waals surface area contributed by atoms with E-state index in [1.165, 1.54) is 11.0 Å². The number of nitrogens with one attached hydrogen (secondary N) is 1. The van der Waals surface area contributed by atoms with Gasteiger partial charge in [-0.25, -0.2) is 8.78 Å². The smallest absolute Gasteiger partial charge is 0.246 e. The molecule has 2 aromatic carbocycles. The standard InChI is InChI=1S/C25H28F2N2O3/c1-14(2)9-21-24(31)28-23(17-10-15-5-3-4-6-16(15)11-17)25(32)29(21)22(13-30)19-8-7-18(26)12-20(19)27/h3-8,12,14,17,21-23,30H,9-11,13H2,1-2H3,(H,28,31)/t21-,22+,23-/m1/s1. The maximum atomic E-state index is 14.6. The molecule has 0 spiro atoms. The molecule has 7 heteroatoms. The largest absolute Gasteiger partial charge is 0.394 e. The summed E-state index contributed by atoms with van der Waals surface area (Å²) in [7, 11) is 0. The van der Waals surface area contributed by atoms with Crippen LogP contribution in [0, 0.1) is 23.5 Å². The fourth-order valence-corrected chi connectivity index (χ4v) is 5.05. The molecule has 5 nitrogen and oxygen atoms in total. The molecule has 4 rings (SSSR count). The van der Waals surface area contributed by atoms with Crippen molar-refractivity contribution in [3.63, 3.8) is 0 Å². The van der Waals surface area contributed by atoms with Crippen LogP contribution in [0.15, 0.2) is 42.5 Å². The highest BCUT2D eigenvalue weighted by Gasteiger charge is 2.48. The zero-order valence-electron chi connectivity index (χ0n) is 18.2. The number of aliphatic hydroxyl groups excluding tert-OH is 1. The third-order valence-electron chi connectivity index (χ3n) is 6.54. The van der Waals surface area contributed by atoms with E-state index in [0.717, 1.165) is 23.3 Å². The summed E-state index contributed by atoms with van der Waals surface area (Å²) in [5.41, 5.74) is 2.30. The Morgan fingerprint density at radius 2 is 1.75 bits per heavy atom. The quantitative estimate of drug-likeness (QED) is 0.722. The van der Waals surface area contributed by atoms with Gasteiger partial charge in [0, 0.05) is 11.6 Å². The fourth-order valence-electron chi connectivity index (χ4n) is 5.05. The first kappa shape index (κ1) is 22.4. The molecule has 0 radical (unpaired) electrons. The number of hydrogen-bond acceptors (Lipinski definition) is 3. The Morgan fingerprint density at radius 1 is 1.09 bits per heavy atom. The number of nitrogens with zero attached hydrogens (tertiary/aromatic N) is 1. The van der Waals surface area contributed by atoms with Crippen molar-refractivity contribution in [1.29, 1.82) is 0 Å². The van der Waals surface area contributed by atoms with Crippen LogP contribution in [-0.4, -0.2) is 40.5 Å². The average Bonchev–Trinajstić information content (AvgIpc) is 3.17. The van der Waals surface area contributed by atoms with Gasteiger partial charge < -0.3 is 15.3 Å². The summed E-state index contributed by atoms with van der Waals surface area (Å²) in [5, 5.41) is 13.1. The van der Waals surface area contributed by atoms with Crippen molar-refractivity contribution in [3.05, 3.63) is 70.8 Å². The van der Waals surface area contributed by atoms with Gasteiger partial charge >= 0.3 is 0 Å². The van der Waals surface area contributed by atoms with Gasteiger partial charge in [0.15, 0.2) is 0 Å². The van der Waals surface area contributed by atoms with Crippen molar-refractivity contribution in [3.8, 4) is 0 Å². The molecule has 1 aliphatic carbocycles. The Labute approximate surface area is 186 Å². The van der Waals surface area contributed by atoms with E-state index in [4.69, 9.17) is 0 Å². The van der Waals surface area contributed by atoms with Crippen LogP contribution in [0.3, 0.4) is 0 Å². The van der Waals surface area contributed by atoms with Crippen LogP contribution in [0.1, 0.15) is 43.0 Å². The first-order chi connectivity index (χ1) is 15.3. The maximum Gasteiger partial charge on any atom is 0.246 e. The Morgan fingerprint density at radius 3 is 2.31 bits per heavy atom. The number of aliphatic hydroxyl groups is 1. The monoisotopic (exact) mass is 442 g/mol. The van der Waals surface area contributed by atoms with E-state index in [9.17, 15) is 23.5 Å². The molecule has 2 aliphatic rings. The highest BCUT2D eigenvalue weighted by molar-refractivity contribution is 5.97. The molecular weight excluding hydrogens is 414 g/mol. The Kier molecular flexibility index (Phi) is 6.29. The summed E-state index contributed by atoms with van der Waals surface area (Å²) in [6, 6.07) is 8.32. The first-order valence-electron chi connectivity index (χ1n) is 11.0. The van der Waals surface area contributed by atoms with Crippen molar-refractivity contribution in [2.24, 2.45) is 11.8 Å². The Balaban J connectivity index is 1.70. The van der Waals surface area contributed by atoms with Gasteiger partial charge in [-0.05, 0) is 48.3 Å². The second kappa shape index (κ2) is 8.98. The lowest BCUT2D eigenvalue weighted by atomic mass is 9.88. The minimum absolute atomic E-state index is 0.000774. The van der Waals surface area contributed by atoms with Gasteiger partial charge in [-0.1, -0.05) is 44.2 Å². The summed E-state index contributed by atoms with van der Waals surface area (Å²) >= 11 is 0. The van der Waals surface area contributed by atoms with Crippen LogP contribution in [0.4, 0.5) is 8.78 Å². The van der Waals surface area contributed by atoms with E-state index < -0.39 is 36.4 Å². The molecule has 0 saturated carbocycles. The highest BCUT2D eigenvalue weighted by Crippen LogP contribution is 2.35. The van der Waals surface area contributed by atoms with Crippen LogP contribution >= 0.6 is 0 Å². The number of amides is 2. The number of halogens is 2. The van der Waals surface area contributed by atoms with E-state index in [1.54, 1.807) is 0 Å². The van der Waals surface area contributed by atoms with E-state index in [2.05, 4.69) is 5.32 Å². The minimum atomic E-state index is -1.08. The Bertz CT molecular complexity index is 1000. The second-order valence-corrected chi connectivity index (χ2v) is 9.18. The van der Waals surface area contributed by atoms with E-state index in [1.807, 2.05) is 38.1 Å². The van der Waals surface area contributed by atoms with Gasteiger partial charge in [-0.15, -0.1) is 0 Å². The number of rotatable bonds is 6. The SMILES string of the molecule is CC(C)C[C@@H]1C(=O)N[C@H](C2Cc3ccccc3C2)C(=O)N1[C@@H](CO)c1ccc(F)cc1F. The molecule has 32 heavy (non-hydrogen) atoms. The lowest BCUT2D eigenvalue weighted by molar-refractivity contribution is -0.156. The topological polar surface area (TPSA) is 69.6 Å². The lowest BCUT2D eigenvalue weighted by Gasteiger charge is -2.45. The zero-order chi connectivity index (χ0) is 23.0. The van der Waals surface area contributed by atoms with Crippen molar-refractivity contribution in [2.45, 2.75) is 51.2 Å². The summed E-state index contributed by atoms with van der Waals surface area (Å²) < 4.78 is 28.1. The Hall–Kier alpha value is -2.80. The van der Waals surface area contributed by atoms with E-state index in [0.29, 0.717) is 19.3 Å². The maximum absolute atomic E-state index is 14.6. The highest BCUT2D eigenvalue weighted by atomic mass is 19.1. The number of benzene rings is 2. The van der Waals surface area contributed by atoms with Crippen molar-refractivity contribution in [2.75, 3.05) is 6.61 Å². The zero-order valence-corrected chi connectivity index (χ0v) is 18.2. The van der Waals surface area contributed by atoms with Crippen LogP contribution < -0.4 is 5.32 Å². The van der Waals surface area contributed by atoms with Gasteiger partial charge in [0.2, 0.25) is 11.8 Å². The lowest BCUT2D eigenvalue weighted by Crippen LogP contribution is -2.66. The van der Waals surface area contributed by atoms with Crippen LogP contribution in [0.5, 0.6) is 0 Å². The predicted octanol–water partition coefficient (Wildman–Crippen LogP) is 3.15. The van der Waals surface area contributed by atoms with E-state index in [-0.39, 0.29) is 29.2 Å². The van der Waals surface area contributed by atoms with Gasteiger partial charge in [-0.3, -0.25) is 9.59 Å². The molecule has 0 aromatic heterocycles. The molecule has 1 aliphatic heterocycles. The molecule has 1 fully saturated rings. The number of fused-ring (bicyclic) bond motifs is 1. The molecule has 0 unspecified atom stereocenters. The number of piperazine rings is 1. The molecule has 2 N–H and O–H groups in total. The third-order valence-corrected chi connectivity index (χ3v) is 6.54. The summed E-state index contributed by atoms with van der Waals surface area (Å²) in [6.07, 6.45) is 1.68. The predicted molar refractivity (Wildman–Crippen MR) is 116 cm³/mol. The fraction of sp³-hybridized carbons (Fsp3) is 0.440. The van der Waals surface area contributed by atoms with Gasteiger partial charge in [0.25, 0.3) is 0 Å². The number of hydrogen-bond donors (Lipinski definition) is 2. The molecular formula is C25H28F2N2O3. The van der Waals surface area contributed by atoms with Crippen molar-refractivity contribution < 1.29 is 23.5 Å². The van der Waals surface area contributed by atoms with Crippen molar-refractivity contribution >= 4 is 11.8 Å². The molecule has 3 atom stereocenters. The molecule has 1 saturated heterocycles. The molecule has 0 bridgehead atoms. The van der Waals surface area contributed by atoms with Crippen LogP contribution in [0.25, 0.3) is 0 Å². The third kappa shape index (κ3) is 4.13. The average molecular weight is 443 g/mol. The summed E-state index contributed by atoms with van der Waals surface area (Å²) in [5.74, 6) is -2.27. The first-order valence-corrected chi connectivity index (χ1v) is 11.0. The van der Waals surface area contributed by atoms with Gasteiger partial charge in [0.1, 0.15) is 23.7 Å².